The number of carbonyl (C=O) groups is 1. The summed E-state index contributed by atoms with van der Waals surface area (Å²) in [5, 5.41) is 0.956. The number of aryl methyl sites for hydroxylation is 2. The third kappa shape index (κ3) is 4.47. The maximum Gasteiger partial charge on any atom is 0.143 e. The highest BCUT2D eigenvalue weighted by molar-refractivity contribution is 7.99. The maximum atomic E-state index is 11.3. The van der Waals surface area contributed by atoms with Crippen molar-refractivity contribution in [2.75, 3.05) is 5.75 Å². The van der Waals surface area contributed by atoms with E-state index < -0.39 is 0 Å². The summed E-state index contributed by atoms with van der Waals surface area (Å²) < 4.78 is 0. The third-order valence-electron chi connectivity index (χ3n) is 1.98. The fourth-order valence-electron chi connectivity index (χ4n) is 1.38. The first-order chi connectivity index (χ1) is 7.11. The van der Waals surface area contributed by atoms with E-state index in [1.165, 1.54) is 17.3 Å². The minimum absolute atomic E-state index is 0.309. The highest BCUT2D eigenvalue weighted by Gasteiger charge is 2.03. The lowest BCUT2D eigenvalue weighted by molar-refractivity contribution is -0.116. The highest BCUT2D eigenvalue weighted by atomic mass is 32.2. The van der Waals surface area contributed by atoms with E-state index in [1.807, 2.05) is 32.9 Å². The van der Waals surface area contributed by atoms with Crippen LogP contribution in [0.2, 0.25) is 0 Å². The molecular weight excluding hydrogens is 206 g/mol. The van der Waals surface area contributed by atoms with E-state index in [0.29, 0.717) is 18.0 Å². The van der Waals surface area contributed by atoms with E-state index >= 15 is 0 Å². The number of hydrogen-bond donors (Lipinski definition) is 0. The van der Waals surface area contributed by atoms with Crippen LogP contribution < -0.4 is 0 Å². The average Bonchev–Trinajstić information content (AvgIpc) is 2.14. The molecule has 1 aromatic rings. The van der Waals surface area contributed by atoms with Gasteiger partial charge in [0, 0.05) is 12.1 Å². The lowest BCUT2D eigenvalue weighted by atomic mass is 10.2. The molecule has 0 aliphatic carbocycles. The Labute approximate surface area is 95.5 Å². The van der Waals surface area contributed by atoms with Gasteiger partial charge in [-0.25, -0.2) is 4.98 Å². The fourth-order valence-corrected chi connectivity index (χ4v) is 2.31. The van der Waals surface area contributed by atoms with Crippen LogP contribution in [-0.2, 0) is 4.79 Å². The first kappa shape index (κ1) is 12.2. The Morgan fingerprint density at radius 1 is 1.40 bits per heavy atom. The zero-order chi connectivity index (χ0) is 11.3. The molecule has 0 saturated carbocycles. The Kier molecular flexibility index (Phi) is 4.82. The Hall–Kier alpha value is -0.830. The molecule has 15 heavy (non-hydrogen) atoms. The van der Waals surface area contributed by atoms with Crippen LogP contribution in [0.5, 0.6) is 0 Å². The Bertz CT molecular complexity index is 329. The van der Waals surface area contributed by atoms with Crippen LogP contribution in [0.1, 0.15) is 31.0 Å². The average molecular weight is 223 g/mol. The molecule has 0 atom stereocenters. The van der Waals surface area contributed by atoms with Crippen LogP contribution >= 0.6 is 11.8 Å². The molecule has 1 rings (SSSR count). The summed E-state index contributed by atoms with van der Waals surface area (Å²) in [6.45, 7) is 6.05. The molecule has 82 valence electrons. The van der Waals surface area contributed by atoms with Crippen molar-refractivity contribution in [2.24, 2.45) is 0 Å². The Morgan fingerprint density at radius 3 is 2.73 bits per heavy atom. The molecule has 3 heteroatoms. The summed E-state index contributed by atoms with van der Waals surface area (Å²) in [5.74, 6) is 0.854. The molecule has 0 bridgehead atoms. The molecule has 1 heterocycles. The van der Waals surface area contributed by atoms with Gasteiger partial charge in [-0.05, 0) is 38.0 Å². The van der Waals surface area contributed by atoms with Crippen LogP contribution in [-0.4, -0.2) is 16.5 Å². The second-order valence-electron chi connectivity index (χ2n) is 3.70. The SMILES string of the molecule is CCCC(=O)CSc1cc(C)cc(C)n1. The number of thioether (sulfide) groups is 1. The number of aromatic nitrogens is 1. The Morgan fingerprint density at radius 2 is 2.13 bits per heavy atom. The minimum Gasteiger partial charge on any atom is -0.299 e. The smallest absolute Gasteiger partial charge is 0.143 e. The first-order valence-electron chi connectivity index (χ1n) is 5.21. The Balaban J connectivity index is 2.54. The molecule has 0 amide bonds. The lowest BCUT2D eigenvalue weighted by Gasteiger charge is -2.02. The summed E-state index contributed by atoms with van der Waals surface area (Å²) in [6.07, 6.45) is 1.61. The molecular formula is C12H17NOS. The van der Waals surface area contributed by atoms with Crippen LogP contribution in [0, 0.1) is 13.8 Å². The van der Waals surface area contributed by atoms with Crippen molar-refractivity contribution in [1.29, 1.82) is 0 Å². The summed E-state index contributed by atoms with van der Waals surface area (Å²) >= 11 is 1.54. The van der Waals surface area contributed by atoms with Crippen molar-refractivity contribution in [3.8, 4) is 0 Å². The number of ketones is 1. The molecule has 0 N–H and O–H groups in total. The minimum atomic E-state index is 0.309. The number of rotatable bonds is 5. The van der Waals surface area contributed by atoms with Gasteiger partial charge in [0.1, 0.15) is 5.78 Å². The van der Waals surface area contributed by atoms with Crippen molar-refractivity contribution in [3.63, 3.8) is 0 Å². The molecule has 0 fully saturated rings. The standard InChI is InChI=1S/C12H17NOS/c1-4-5-11(14)8-15-12-7-9(2)6-10(3)13-12/h6-7H,4-5,8H2,1-3H3. The van der Waals surface area contributed by atoms with Gasteiger partial charge >= 0.3 is 0 Å². The molecule has 2 nitrogen and oxygen atoms in total. The molecule has 0 aliphatic rings. The molecule has 0 radical (unpaired) electrons. The molecule has 0 aliphatic heterocycles. The molecule has 0 saturated heterocycles. The van der Waals surface area contributed by atoms with E-state index in [2.05, 4.69) is 4.98 Å². The van der Waals surface area contributed by atoms with Crippen LogP contribution in [0.4, 0.5) is 0 Å². The summed E-state index contributed by atoms with van der Waals surface area (Å²) in [4.78, 5) is 15.7. The number of Topliss-reactive ketones (excluding diaryl/α,β-unsaturated/α-hetero) is 1. The maximum absolute atomic E-state index is 11.3. The van der Waals surface area contributed by atoms with Crippen molar-refractivity contribution in [1.82, 2.24) is 4.98 Å². The van der Waals surface area contributed by atoms with Gasteiger partial charge in [0.05, 0.1) is 10.8 Å². The van der Waals surface area contributed by atoms with Gasteiger partial charge in [-0.1, -0.05) is 18.7 Å². The topological polar surface area (TPSA) is 30.0 Å². The zero-order valence-electron chi connectivity index (χ0n) is 9.54. The number of nitrogens with zero attached hydrogens (tertiary/aromatic N) is 1. The van der Waals surface area contributed by atoms with E-state index in [1.54, 1.807) is 0 Å². The summed E-state index contributed by atoms with van der Waals surface area (Å²) in [7, 11) is 0. The van der Waals surface area contributed by atoms with Crippen molar-refractivity contribution >= 4 is 17.5 Å². The van der Waals surface area contributed by atoms with Gasteiger partial charge in [-0.15, -0.1) is 0 Å². The van der Waals surface area contributed by atoms with Crippen LogP contribution in [0.3, 0.4) is 0 Å². The van der Waals surface area contributed by atoms with Gasteiger partial charge in [-0.2, -0.15) is 0 Å². The predicted octanol–water partition coefficient (Wildman–Crippen LogP) is 3.16. The van der Waals surface area contributed by atoms with Crippen molar-refractivity contribution in [2.45, 2.75) is 38.6 Å². The van der Waals surface area contributed by atoms with Crippen molar-refractivity contribution in [3.05, 3.63) is 23.4 Å². The zero-order valence-corrected chi connectivity index (χ0v) is 10.4. The van der Waals surface area contributed by atoms with E-state index in [-0.39, 0.29) is 0 Å². The van der Waals surface area contributed by atoms with E-state index in [4.69, 9.17) is 0 Å². The third-order valence-corrected chi connectivity index (χ3v) is 2.96. The van der Waals surface area contributed by atoms with Gasteiger partial charge in [0.25, 0.3) is 0 Å². The second kappa shape index (κ2) is 5.91. The van der Waals surface area contributed by atoms with Gasteiger partial charge in [0.15, 0.2) is 0 Å². The largest absolute Gasteiger partial charge is 0.299 e. The predicted molar refractivity (Wildman–Crippen MR) is 64.4 cm³/mol. The molecule has 0 unspecified atom stereocenters. The highest BCUT2D eigenvalue weighted by Crippen LogP contribution is 2.18. The van der Waals surface area contributed by atoms with Crippen molar-refractivity contribution < 1.29 is 4.79 Å². The van der Waals surface area contributed by atoms with Gasteiger partial charge < -0.3 is 0 Å². The van der Waals surface area contributed by atoms with Crippen LogP contribution in [0.15, 0.2) is 17.2 Å². The first-order valence-corrected chi connectivity index (χ1v) is 6.20. The lowest BCUT2D eigenvalue weighted by Crippen LogP contribution is -2.00. The second-order valence-corrected chi connectivity index (χ2v) is 4.70. The summed E-state index contributed by atoms with van der Waals surface area (Å²) in [6, 6.07) is 4.06. The molecule has 0 spiro atoms. The van der Waals surface area contributed by atoms with Crippen LogP contribution in [0.25, 0.3) is 0 Å². The molecule has 0 aromatic carbocycles. The monoisotopic (exact) mass is 223 g/mol. The number of carbonyl (C=O) groups excluding carboxylic acids is 1. The van der Waals surface area contributed by atoms with E-state index in [9.17, 15) is 4.79 Å². The summed E-state index contributed by atoms with van der Waals surface area (Å²) in [5.41, 5.74) is 2.22. The van der Waals surface area contributed by atoms with E-state index in [0.717, 1.165) is 17.1 Å². The normalized spacial score (nSPS) is 10.3. The van der Waals surface area contributed by atoms with Gasteiger partial charge in [0.2, 0.25) is 0 Å². The fraction of sp³-hybridized carbons (Fsp3) is 0.500. The number of pyridine rings is 1. The van der Waals surface area contributed by atoms with Gasteiger partial charge in [-0.3, -0.25) is 4.79 Å². The number of hydrogen-bond acceptors (Lipinski definition) is 3. The quantitative estimate of drug-likeness (QED) is 0.718. The molecule has 1 aromatic heterocycles.